The fourth-order valence-electron chi connectivity index (χ4n) is 2.38. The molecule has 0 unspecified atom stereocenters. The molecule has 0 saturated heterocycles. The second-order valence-corrected chi connectivity index (χ2v) is 6.85. The predicted molar refractivity (Wildman–Crippen MR) is 110 cm³/mol. The van der Waals surface area contributed by atoms with Gasteiger partial charge in [0.2, 0.25) is 0 Å². The second-order valence-electron chi connectivity index (χ2n) is 5.99. The van der Waals surface area contributed by atoms with Crippen LogP contribution < -0.4 is 14.8 Å². The van der Waals surface area contributed by atoms with E-state index >= 15 is 0 Å². The molecule has 0 spiro atoms. The average Bonchev–Trinajstić information content (AvgIpc) is 3.21. The molecule has 1 N–H and O–H groups in total. The zero-order chi connectivity index (χ0) is 20.6. The van der Waals surface area contributed by atoms with Crippen molar-refractivity contribution in [1.29, 1.82) is 0 Å². The maximum absolute atomic E-state index is 12.3. The van der Waals surface area contributed by atoms with E-state index in [0.717, 1.165) is 11.3 Å². The molecule has 8 heteroatoms. The quantitative estimate of drug-likeness (QED) is 0.567. The van der Waals surface area contributed by atoms with E-state index in [2.05, 4.69) is 10.3 Å². The van der Waals surface area contributed by atoms with E-state index in [0.29, 0.717) is 16.6 Å². The number of methoxy groups -OCH3 is 1. The van der Waals surface area contributed by atoms with Crippen LogP contribution in [0, 0.1) is 0 Å². The number of nitrogens with zero attached hydrogens (tertiary/aromatic N) is 1. The Hall–Kier alpha value is -3.39. The van der Waals surface area contributed by atoms with Crippen molar-refractivity contribution in [2.45, 2.75) is 13.0 Å². The SMILES string of the molecule is COc1ccc(OCC(=O)O[C@H](C)C(=O)Nc2nc(-c3ccccc3)cs2)cc1. The van der Waals surface area contributed by atoms with Crippen LogP contribution in [0.4, 0.5) is 5.13 Å². The molecule has 1 heterocycles. The zero-order valence-electron chi connectivity index (χ0n) is 16.0. The van der Waals surface area contributed by atoms with Gasteiger partial charge in [0, 0.05) is 10.9 Å². The minimum atomic E-state index is -0.981. The first-order valence-corrected chi connectivity index (χ1v) is 9.71. The highest BCUT2D eigenvalue weighted by molar-refractivity contribution is 7.14. The number of carbonyl (C=O) groups excluding carboxylic acids is 2. The maximum Gasteiger partial charge on any atom is 0.344 e. The molecule has 2 aromatic carbocycles. The van der Waals surface area contributed by atoms with E-state index in [4.69, 9.17) is 14.2 Å². The zero-order valence-corrected chi connectivity index (χ0v) is 16.8. The molecule has 1 aromatic heterocycles. The van der Waals surface area contributed by atoms with Crippen molar-refractivity contribution in [3.05, 3.63) is 60.0 Å². The van der Waals surface area contributed by atoms with Crippen LogP contribution in [0.25, 0.3) is 11.3 Å². The largest absolute Gasteiger partial charge is 0.497 e. The summed E-state index contributed by atoms with van der Waals surface area (Å²) in [5, 5.41) is 4.95. The number of rotatable bonds is 8. The molecule has 0 aliphatic heterocycles. The number of hydrogen-bond donors (Lipinski definition) is 1. The number of thiazole rings is 1. The highest BCUT2D eigenvalue weighted by atomic mass is 32.1. The normalized spacial score (nSPS) is 11.4. The lowest BCUT2D eigenvalue weighted by molar-refractivity contribution is -0.155. The number of hydrogen-bond acceptors (Lipinski definition) is 7. The van der Waals surface area contributed by atoms with Gasteiger partial charge in [0.05, 0.1) is 12.8 Å². The molecule has 0 fully saturated rings. The van der Waals surface area contributed by atoms with Gasteiger partial charge in [-0.3, -0.25) is 10.1 Å². The standard InChI is InChI=1S/C21H20N2O5S/c1-14(28-19(24)12-27-17-10-8-16(26-2)9-11-17)20(25)23-21-22-18(13-29-21)15-6-4-3-5-7-15/h3-11,13-14H,12H2,1-2H3,(H,22,23,25)/t14-/m1/s1. The minimum Gasteiger partial charge on any atom is -0.497 e. The Kier molecular flexibility index (Phi) is 6.80. The van der Waals surface area contributed by atoms with Gasteiger partial charge >= 0.3 is 5.97 Å². The minimum absolute atomic E-state index is 0.306. The Labute approximate surface area is 172 Å². The smallest absolute Gasteiger partial charge is 0.344 e. The number of anilines is 1. The summed E-state index contributed by atoms with van der Waals surface area (Å²) in [5.41, 5.74) is 1.72. The second kappa shape index (κ2) is 9.70. The molecule has 3 aromatic rings. The molecule has 29 heavy (non-hydrogen) atoms. The van der Waals surface area contributed by atoms with Crippen LogP contribution in [0.15, 0.2) is 60.0 Å². The lowest BCUT2D eigenvalue weighted by atomic mass is 10.2. The summed E-state index contributed by atoms with van der Waals surface area (Å²) < 4.78 is 15.5. The topological polar surface area (TPSA) is 86.8 Å². The number of ether oxygens (including phenoxy) is 3. The summed E-state index contributed by atoms with van der Waals surface area (Å²) >= 11 is 1.30. The van der Waals surface area contributed by atoms with Crippen molar-refractivity contribution in [2.75, 3.05) is 19.0 Å². The number of esters is 1. The lowest BCUT2D eigenvalue weighted by Crippen LogP contribution is -2.31. The van der Waals surface area contributed by atoms with Crippen molar-refractivity contribution in [2.24, 2.45) is 0 Å². The predicted octanol–water partition coefficient (Wildman–Crippen LogP) is 3.77. The van der Waals surface area contributed by atoms with Crippen LogP contribution in [0.3, 0.4) is 0 Å². The van der Waals surface area contributed by atoms with Crippen molar-refractivity contribution in [3.8, 4) is 22.8 Å². The highest BCUT2D eigenvalue weighted by Gasteiger charge is 2.19. The van der Waals surface area contributed by atoms with E-state index in [1.807, 2.05) is 35.7 Å². The summed E-state index contributed by atoms with van der Waals surface area (Å²) in [7, 11) is 1.56. The highest BCUT2D eigenvalue weighted by Crippen LogP contribution is 2.24. The van der Waals surface area contributed by atoms with E-state index in [1.54, 1.807) is 31.4 Å². The Morgan fingerprint density at radius 2 is 1.76 bits per heavy atom. The molecule has 3 rings (SSSR count). The molecule has 1 atom stereocenters. The van der Waals surface area contributed by atoms with E-state index in [9.17, 15) is 9.59 Å². The summed E-state index contributed by atoms with van der Waals surface area (Å²) in [6.45, 7) is 1.19. The van der Waals surface area contributed by atoms with Crippen molar-refractivity contribution < 1.29 is 23.8 Å². The van der Waals surface area contributed by atoms with Gasteiger partial charge in [0.25, 0.3) is 5.91 Å². The lowest BCUT2D eigenvalue weighted by Gasteiger charge is -2.13. The number of carbonyl (C=O) groups is 2. The first-order valence-electron chi connectivity index (χ1n) is 8.83. The average molecular weight is 412 g/mol. The molecule has 0 radical (unpaired) electrons. The maximum atomic E-state index is 12.3. The van der Waals surface area contributed by atoms with Crippen LogP contribution in [0.2, 0.25) is 0 Å². The van der Waals surface area contributed by atoms with Gasteiger partial charge in [-0.25, -0.2) is 9.78 Å². The Morgan fingerprint density at radius 1 is 1.07 bits per heavy atom. The number of nitrogens with one attached hydrogen (secondary N) is 1. The third-order valence-corrected chi connectivity index (χ3v) is 4.66. The molecular formula is C21H20N2O5S. The van der Waals surface area contributed by atoms with Crippen molar-refractivity contribution in [3.63, 3.8) is 0 Å². The third kappa shape index (κ3) is 5.79. The van der Waals surface area contributed by atoms with E-state index < -0.39 is 18.0 Å². The molecular weight excluding hydrogens is 392 g/mol. The molecule has 7 nitrogen and oxygen atoms in total. The first kappa shape index (κ1) is 20.3. The Morgan fingerprint density at radius 3 is 2.45 bits per heavy atom. The van der Waals surface area contributed by atoms with Crippen LogP contribution in [-0.4, -0.2) is 36.7 Å². The molecule has 0 saturated carbocycles. The summed E-state index contributed by atoms with van der Waals surface area (Å²) in [6, 6.07) is 16.4. The Balaban J connectivity index is 1.47. The summed E-state index contributed by atoms with van der Waals surface area (Å²) in [4.78, 5) is 28.6. The van der Waals surface area contributed by atoms with E-state index in [-0.39, 0.29) is 6.61 Å². The monoisotopic (exact) mass is 412 g/mol. The molecule has 0 aliphatic rings. The fraction of sp³-hybridized carbons (Fsp3) is 0.190. The summed E-state index contributed by atoms with van der Waals surface area (Å²) in [5.74, 6) is 0.0725. The van der Waals surface area contributed by atoms with Gasteiger partial charge in [0.15, 0.2) is 17.8 Å². The van der Waals surface area contributed by atoms with Crippen LogP contribution in [0.5, 0.6) is 11.5 Å². The van der Waals surface area contributed by atoms with Crippen LogP contribution in [0.1, 0.15) is 6.92 Å². The van der Waals surface area contributed by atoms with Gasteiger partial charge in [-0.2, -0.15) is 0 Å². The van der Waals surface area contributed by atoms with Gasteiger partial charge in [-0.05, 0) is 31.2 Å². The molecule has 0 bridgehead atoms. The molecule has 0 aliphatic carbocycles. The molecule has 1 amide bonds. The van der Waals surface area contributed by atoms with Gasteiger partial charge in [-0.15, -0.1) is 11.3 Å². The van der Waals surface area contributed by atoms with Gasteiger partial charge < -0.3 is 14.2 Å². The fourth-order valence-corrected chi connectivity index (χ4v) is 3.10. The number of aromatic nitrogens is 1. The van der Waals surface area contributed by atoms with E-state index in [1.165, 1.54) is 18.3 Å². The van der Waals surface area contributed by atoms with Crippen LogP contribution in [-0.2, 0) is 14.3 Å². The van der Waals surface area contributed by atoms with Crippen LogP contribution >= 0.6 is 11.3 Å². The molecule has 150 valence electrons. The van der Waals surface area contributed by atoms with Crippen molar-refractivity contribution >= 4 is 28.3 Å². The van der Waals surface area contributed by atoms with Gasteiger partial charge in [0.1, 0.15) is 11.5 Å². The summed E-state index contributed by atoms with van der Waals surface area (Å²) in [6.07, 6.45) is -0.981. The number of benzene rings is 2. The third-order valence-electron chi connectivity index (χ3n) is 3.90. The van der Waals surface area contributed by atoms with Gasteiger partial charge in [-0.1, -0.05) is 30.3 Å². The van der Waals surface area contributed by atoms with Crippen molar-refractivity contribution in [1.82, 2.24) is 4.98 Å². The number of amides is 1. The first-order chi connectivity index (χ1) is 14.0. The Bertz CT molecular complexity index is 957.